The largest absolute Gasteiger partial charge is 0.455 e. The fraction of sp³-hybridized carbons (Fsp3) is 0.400. The lowest BCUT2D eigenvalue weighted by atomic mass is 10.1. The normalized spacial score (nSPS) is 16.6. The lowest BCUT2D eigenvalue weighted by Crippen LogP contribution is -2.47. The molecular formula is C20H21ClF3N3O3. The first kappa shape index (κ1) is 22.0. The number of alkyl halides is 3. The molecule has 0 aliphatic carbocycles. The number of carbonyl (C=O) groups is 2. The van der Waals surface area contributed by atoms with Crippen molar-refractivity contribution in [1.82, 2.24) is 9.80 Å². The van der Waals surface area contributed by atoms with Crippen molar-refractivity contribution in [1.29, 1.82) is 0 Å². The highest BCUT2D eigenvalue weighted by Gasteiger charge is 2.40. The Balaban J connectivity index is 1.69. The van der Waals surface area contributed by atoms with E-state index >= 15 is 0 Å². The fourth-order valence-electron chi connectivity index (χ4n) is 3.47. The lowest BCUT2D eigenvalue weighted by molar-refractivity contribution is -0.152. The zero-order valence-corrected chi connectivity index (χ0v) is 17.2. The van der Waals surface area contributed by atoms with Crippen LogP contribution in [-0.2, 0) is 17.5 Å². The van der Waals surface area contributed by atoms with Crippen molar-refractivity contribution in [3.63, 3.8) is 0 Å². The number of halogens is 4. The number of amides is 3. The van der Waals surface area contributed by atoms with Crippen LogP contribution < -0.4 is 5.32 Å². The summed E-state index contributed by atoms with van der Waals surface area (Å²) in [6.45, 7) is 1.95. The molecule has 1 N–H and O–H groups in total. The molecule has 6 nitrogen and oxygen atoms in total. The Labute approximate surface area is 176 Å². The summed E-state index contributed by atoms with van der Waals surface area (Å²) < 4.78 is 44.0. The van der Waals surface area contributed by atoms with Crippen molar-refractivity contribution < 1.29 is 27.2 Å². The Morgan fingerprint density at radius 1 is 1.30 bits per heavy atom. The summed E-state index contributed by atoms with van der Waals surface area (Å²) in [4.78, 5) is 28.3. The molecule has 0 spiro atoms. The van der Waals surface area contributed by atoms with E-state index in [0.29, 0.717) is 24.4 Å². The molecule has 1 unspecified atom stereocenters. The Morgan fingerprint density at radius 2 is 1.97 bits per heavy atom. The maximum absolute atomic E-state index is 13.1. The molecular weight excluding hydrogens is 423 g/mol. The molecule has 30 heavy (non-hydrogen) atoms. The van der Waals surface area contributed by atoms with Crippen LogP contribution in [0.3, 0.4) is 0 Å². The number of likely N-dealkylation sites (N-methyl/N-ethyl adjacent to an activating group) is 1. The van der Waals surface area contributed by atoms with Crippen LogP contribution in [0.25, 0.3) is 0 Å². The molecule has 3 amide bonds. The summed E-state index contributed by atoms with van der Waals surface area (Å²) in [6.07, 6.45) is -3.72. The number of nitrogens with one attached hydrogen (secondary N) is 1. The topological polar surface area (TPSA) is 65.8 Å². The standard InChI is InChI=1S/C20H21ClF3N3O3/c1-12-10-15(17(30-12)20(22,23)24)25-19(29)27-9-3-4-16(27)18(28)26(2)11-13-5-7-14(21)8-6-13/h5-8,10,16H,3-4,9,11H2,1-2H3,(H,25,29). The van der Waals surface area contributed by atoms with Gasteiger partial charge in [0.2, 0.25) is 11.7 Å². The molecule has 0 radical (unpaired) electrons. The molecule has 1 aromatic heterocycles. The molecule has 1 fully saturated rings. The summed E-state index contributed by atoms with van der Waals surface area (Å²) in [7, 11) is 1.62. The van der Waals surface area contributed by atoms with Gasteiger partial charge in [-0.1, -0.05) is 23.7 Å². The smallest absolute Gasteiger partial charge is 0.451 e. The summed E-state index contributed by atoms with van der Waals surface area (Å²) in [5.74, 6) is -1.53. The number of hydrogen-bond acceptors (Lipinski definition) is 3. The van der Waals surface area contributed by atoms with E-state index in [2.05, 4.69) is 9.73 Å². The van der Waals surface area contributed by atoms with Gasteiger partial charge < -0.3 is 19.5 Å². The number of anilines is 1. The van der Waals surface area contributed by atoms with Crippen LogP contribution in [0.1, 0.15) is 29.9 Å². The Kier molecular flexibility index (Phi) is 6.30. The zero-order valence-electron chi connectivity index (χ0n) is 16.4. The van der Waals surface area contributed by atoms with Gasteiger partial charge in [0.05, 0.1) is 5.69 Å². The van der Waals surface area contributed by atoms with Gasteiger partial charge in [-0.05, 0) is 37.5 Å². The molecule has 162 valence electrons. The number of benzene rings is 1. The highest BCUT2D eigenvalue weighted by Crippen LogP contribution is 2.37. The molecule has 2 heterocycles. The van der Waals surface area contributed by atoms with Crippen LogP contribution in [0.4, 0.5) is 23.7 Å². The summed E-state index contributed by atoms with van der Waals surface area (Å²) in [5.41, 5.74) is 0.408. The number of carbonyl (C=O) groups excluding carboxylic acids is 2. The highest BCUT2D eigenvalue weighted by molar-refractivity contribution is 6.30. The average Bonchev–Trinajstić information content (AvgIpc) is 3.29. The number of likely N-dealkylation sites (tertiary alicyclic amines) is 1. The van der Waals surface area contributed by atoms with E-state index in [1.165, 1.54) is 16.7 Å². The van der Waals surface area contributed by atoms with Crippen LogP contribution in [0, 0.1) is 6.92 Å². The minimum atomic E-state index is -4.74. The Bertz CT molecular complexity index is 928. The first-order valence-electron chi connectivity index (χ1n) is 9.31. The molecule has 1 aliphatic heterocycles. The van der Waals surface area contributed by atoms with E-state index in [1.54, 1.807) is 31.3 Å². The van der Waals surface area contributed by atoms with E-state index in [0.717, 1.165) is 11.6 Å². The predicted octanol–water partition coefficient (Wildman–Crippen LogP) is 4.92. The predicted molar refractivity (Wildman–Crippen MR) is 105 cm³/mol. The molecule has 10 heteroatoms. The van der Waals surface area contributed by atoms with Gasteiger partial charge in [0.15, 0.2) is 0 Å². The van der Waals surface area contributed by atoms with Crippen LogP contribution in [-0.4, -0.2) is 41.4 Å². The van der Waals surface area contributed by atoms with Crippen LogP contribution >= 0.6 is 11.6 Å². The minimum Gasteiger partial charge on any atom is -0.455 e. The Morgan fingerprint density at radius 3 is 2.60 bits per heavy atom. The van der Waals surface area contributed by atoms with Gasteiger partial charge in [-0.3, -0.25) is 4.79 Å². The Hall–Kier alpha value is -2.68. The van der Waals surface area contributed by atoms with E-state index in [9.17, 15) is 22.8 Å². The molecule has 1 atom stereocenters. The second kappa shape index (κ2) is 8.59. The molecule has 0 bridgehead atoms. The van der Waals surface area contributed by atoms with Gasteiger partial charge in [0.1, 0.15) is 11.8 Å². The van der Waals surface area contributed by atoms with Gasteiger partial charge in [0.25, 0.3) is 0 Å². The maximum Gasteiger partial charge on any atom is 0.451 e. The van der Waals surface area contributed by atoms with E-state index in [-0.39, 0.29) is 18.2 Å². The number of nitrogens with zero attached hydrogens (tertiary/aromatic N) is 2. The van der Waals surface area contributed by atoms with Gasteiger partial charge in [-0.15, -0.1) is 0 Å². The molecule has 1 aliphatic rings. The molecule has 2 aromatic rings. The second-order valence-corrected chi connectivity index (χ2v) is 7.64. The van der Waals surface area contributed by atoms with Crippen molar-refractivity contribution in [3.8, 4) is 0 Å². The molecule has 1 saturated heterocycles. The van der Waals surface area contributed by atoms with Crippen molar-refractivity contribution >= 4 is 29.2 Å². The van der Waals surface area contributed by atoms with E-state index in [1.807, 2.05) is 0 Å². The number of furan rings is 1. The summed E-state index contributed by atoms with van der Waals surface area (Å²) >= 11 is 5.87. The number of rotatable bonds is 4. The number of hydrogen-bond donors (Lipinski definition) is 1. The monoisotopic (exact) mass is 443 g/mol. The fourth-order valence-corrected chi connectivity index (χ4v) is 3.59. The highest BCUT2D eigenvalue weighted by atomic mass is 35.5. The first-order valence-corrected chi connectivity index (χ1v) is 9.68. The molecule has 1 aromatic carbocycles. The van der Waals surface area contributed by atoms with Gasteiger partial charge in [-0.25, -0.2) is 4.79 Å². The van der Waals surface area contributed by atoms with Crippen LogP contribution in [0.2, 0.25) is 5.02 Å². The van der Waals surface area contributed by atoms with E-state index in [4.69, 9.17) is 11.6 Å². The lowest BCUT2D eigenvalue weighted by Gasteiger charge is -2.28. The van der Waals surface area contributed by atoms with E-state index < -0.39 is 29.7 Å². The molecule has 3 rings (SSSR count). The van der Waals surface area contributed by atoms with Crippen molar-refractivity contribution in [2.24, 2.45) is 0 Å². The average molecular weight is 444 g/mol. The summed E-state index contributed by atoms with van der Waals surface area (Å²) in [6, 6.07) is 6.63. The second-order valence-electron chi connectivity index (χ2n) is 7.20. The maximum atomic E-state index is 13.1. The van der Waals surface area contributed by atoms with Gasteiger partial charge >= 0.3 is 12.2 Å². The third-order valence-corrected chi connectivity index (χ3v) is 5.11. The first-order chi connectivity index (χ1) is 14.1. The zero-order chi connectivity index (χ0) is 22.1. The van der Waals surface area contributed by atoms with Gasteiger partial charge in [0, 0.05) is 31.2 Å². The SMILES string of the molecule is Cc1cc(NC(=O)N2CCCC2C(=O)N(C)Cc2ccc(Cl)cc2)c(C(F)(F)F)o1. The van der Waals surface area contributed by atoms with Crippen molar-refractivity contribution in [2.75, 3.05) is 18.9 Å². The third kappa shape index (κ3) is 4.89. The van der Waals surface area contributed by atoms with Gasteiger partial charge in [-0.2, -0.15) is 13.2 Å². The number of aryl methyl sites for hydroxylation is 1. The van der Waals surface area contributed by atoms with Crippen LogP contribution in [0.5, 0.6) is 0 Å². The summed E-state index contributed by atoms with van der Waals surface area (Å²) in [5, 5.41) is 2.83. The minimum absolute atomic E-state index is 0.0226. The quantitative estimate of drug-likeness (QED) is 0.729. The van der Waals surface area contributed by atoms with Crippen molar-refractivity contribution in [3.05, 3.63) is 52.4 Å². The van der Waals surface area contributed by atoms with Crippen LogP contribution in [0.15, 0.2) is 34.7 Å². The van der Waals surface area contributed by atoms with Crippen molar-refractivity contribution in [2.45, 2.75) is 38.5 Å². The molecule has 0 saturated carbocycles. The number of urea groups is 1. The third-order valence-electron chi connectivity index (χ3n) is 4.86.